The van der Waals surface area contributed by atoms with Gasteiger partial charge >= 0.3 is 5.97 Å². The van der Waals surface area contributed by atoms with Gasteiger partial charge in [0.05, 0.1) is 7.11 Å². The molecule has 0 aliphatic carbocycles. The van der Waals surface area contributed by atoms with Gasteiger partial charge in [-0.2, -0.15) is 0 Å². The van der Waals surface area contributed by atoms with E-state index in [4.69, 9.17) is 5.73 Å². The Morgan fingerprint density at radius 2 is 2.20 bits per heavy atom. The molecule has 0 rings (SSSR count). The minimum Gasteiger partial charge on any atom is -0.550 e. The van der Waals surface area contributed by atoms with Crippen molar-refractivity contribution in [2.45, 2.75) is 12.5 Å². The van der Waals surface area contributed by atoms with Crippen molar-refractivity contribution in [2.24, 2.45) is 5.73 Å². The second-order valence-electron chi connectivity index (χ2n) is 1.71. The van der Waals surface area contributed by atoms with Crippen LogP contribution in [0.15, 0.2) is 0 Å². The second kappa shape index (κ2) is 3.84. The summed E-state index contributed by atoms with van der Waals surface area (Å²) in [4.78, 5) is 20.2. The molecule has 0 radical (unpaired) electrons. The van der Waals surface area contributed by atoms with Crippen molar-refractivity contribution in [1.29, 1.82) is 0 Å². The number of aliphatic carboxylic acids is 1. The maximum absolute atomic E-state index is 10.4. The standard InChI is InChI=1S/C5H9NO4/c1-10-5(9)3(6)2-4(7)8/h3H,2,6H2,1H3,(H,7,8)/p-1. The molecule has 1 unspecified atom stereocenters. The van der Waals surface area contributed by atoms with Gasteiger partial charge in [0.15, 0.2) is 0 Å². The monoisotopic (exact) mass is 146 g/mol. The molecular weight excluding hydrogens is 138 g/mol. The number of methoxy groups -OCH3 is 1. The van der Waals surface area contributed by atoms with Crippen LogP contribution < -0.4 is 10.8 Å². The number of hydrogen-bond donors (Lipinski definition) is 1. The Labute approximate surface area is 57.8 Å². The summed E-state index contributed by atoms with van der Waals surface area (Å²) >= 11 is 0. The van der Waals surface area contributed by atoms with E-state index in [1.54, 1.807) is 0 Å². The zero-order valence-electron chi connectivity index (χ0n) is 5.49. The lowest BCUT2D eigenvalue weighted by atomic mass is 10.2. The van der Waals surface area contributed by atoms with Gasteiger partial charge in [-0.1, -0.05) is 0 Å². The predicted molar refractivity (Wildman–Crippen MR) is 29.6 cm³/mol. The number of nitrogens with two attached hydrogens (primary N) is 1. The first kappa shape index (κ1) is 8.90. The third kappa shape index (κ3) is 3.03. The highest BCUT2D eigenvalue weighted by atomic mass is 16.5. The highest BCUT2D eigenvalue weighted by molar-refractivity contribution is 5.80. The average Bonchev–Trinajstić information content (AvgIpc) is 1.85. The summed E-state index contributed by atoms with van der Waals surface area (Å²) in [7, 11) is 1.14. The van der Waals surface area contributed by atoms with Crippen LogP contribution in [0.4, 0.5) is 0 Å². The average molecular weight is 146 g/mol. The van der Waals surface area contributed by atoms with Crippen LogP contribution in [-0.2, 0) is 14.3 Å². The SMILES string of the molecule is COC(=O)C(N)CC(=O)[O-]. The fraction of sp³-hybridized carbons (Fsp3) is 0.600. The molecule has 0 aromatic carbocycles. The van der Waals surface area contributed by atoms with Crippen molar-refractivity contribution >= 4 is 11.9 Å². The van der Waals surface area contributed by atoms with E-state index in [1.165, 1.54) is 0 Å². The number of hydrogen-bond acceptors (Lipinski definition) is 5. The summed E-state index contributed by atoms with van der Waals surface area (Å²) in [6.45, 7) is 0. The summed E-state index contributed by atoms with van der Waals surface area (Å²) in [5.41, 5.74) is 5.03. The van der Waals surface area contributed by atoms with Gasteiger partial charge in [-0.05, 0) is 0 Å². The Hall–Kier alpha value is -1.10. The van der Waals surface area contributed by atoms with Gasteiger partial charge in [0.2, 0.25) is 0 Å². The van der Waals surface area contributed by atoms with Gasteiger partial charge in [0.25, 0.3) is 0 Å². The minimum atomic E-state index is -1.36. The Bertz CT molecular complexity index is 145. The molecule has 0 heterocycles. The normalized spacial score (nSPS) is 12.2. The molecule has 0 fully saturated rings. The molecular formula is C5H8NO4-. The van der Waals surface area contributed by atoms with Crippen LogP contribution in [0.1, 0.15) is 6.42 Å². The van der Waals surface area contributed by atoms with E-state index in [9.17, 15) is 14.7 Å². The molecule has 0 amide bonds. The molecule has 5 heteroatoms. The van der Waals surface area contributed by atoms with Gasteiger partial charge in [-0.15, -0.1) is 0 Å². The number of ether oxygens (including phenoxy) is 1. The summed E-state index contributed by atoms with van der Waals surface area (Å²) in [5.74, 6) is -2.11. The van der Waals surface area contributed by atoms with E-state index in [-0.39, 0.29) is 0 Å². The van der Waals surface area contributed by atoms with E-state index >= 15 is 0 Å². The van der Waals surface area contributed by atoms with Gasteiger partial charge in [0.1, 0.15) is 6.04 Å². The first-order valence-corrected chi connectivity index (χ1v) is 2.61. The summed E-state index contributed by atoms with van der Waals surface area (Å²) in [6.07, 6.45) is -0.507. The van der Waals surface area contributed by atoms with Gasteiger partial charge in [0, 0.05) is 12.4 Å². The van der Waals surface area contributed by atoms with Crippen LogP contribution >= 0.6 is 0 Å². The van der Waals surface area contributed by atoms with Crippen LogP contribution in [0, 0.1) is 0 Å². The zero-order valence-corrected chi connectivity index (χ0v) is 5.49. The van der Waals surface area contributed by atoms with Crippen molar-refractivity contribution in [3.8, 4) is 0 Å². The Morgan fingerprint density at radius 1 is 1.70 bits per heavy atom. The molecule has 0 aromatic heterocycles. The maximum atomic E-state index is 10.4. The lowest BCUT2D eigenvalue weighted by Crippen LogP contribution is -2.38. The number of carbonyl (C=O) groups is 2. The first-order chi connectivity index (χ1) is 4.57. The Kier molecular flexibility index (Phi) is 3.42. The molecule has 0 aliphatic rings. The molecule has 10 heavy (non-hydrogen) atoms. The number of carbonyl (C=O) groups excluding carboxylic acids is 2. The molecule has 0 aromatic rings. The molecule has 0 aliphatic heterocycles. The molecule has 0 spiro atoms. The zero-order chi connectivity index (χ0) is 8.15. The van der Waals surface area contributed by atoms with E-state index in [2.05, 4.69) is 4.74 Å². The Morgan fingerprint density at radius 3 is 2.50 bits per heavy atom. The van der Waals surface area contributed by atoms with E-state index in [1.807, 2.05) is 0 Å². The van der Waals surface area contributed by atoms with Crippen LogP contribution in [0.5, 0.6) is 0 Å². The largest absolute Gasteiger partial charge is 0.550 e. The van der Waals surface area contributed by atoms with Crippen LogP contribution in [0.25, 0.3) is 0 Å². The summed E-state index contributed by atoms with van der Waals surface area (Å²) in [6, 6.07) is -1.12. The summed E-state index contributed by atoms with van der Waals surface area (Å²) in [5, 5.41) is 9.83. The molecule has 5 nitrogen and oxygen atoms in total. The van der Waals surface area contributed by atoms with Crippen molar-refractivity contribution in [3.63, 3.8) is 0 Å². The highest BCUT2D eigenvalue weighted by Crippen LogP contribution is 1.88. The quantitative estimate of drug-likeness (QED) is 0.449. The maximum Gasteiger partial charge on any atom is 0.323 e. The minimum absolute atomic E-state index is 0.507. The lowest BCUT2D eigenvalue weighted by Gasteiger charge is -2.08. The smallest absolute Gasteiger partial charge is 0.323 e. The molecule has 2 N–H and O–H groups in total. The second-order valence-corrected chi connectivity index (χ2v) is 1.71. The van der Waals surface area contributed by atoms with Crippen molar-refractivity contribution in [1.82, 2.24) is 0 Å². The van der Waals surface area contributed by atoms with Gasteiger partial charge in [-0.3, -0.25) is 4.79 Å². The number of carboxylic acid groups (broad SMARTS) is 1. The van der Waals surface area contributed by atoms with E-state index < -0.39 is 24.4 Å². The number of carboxylic acids is 1. The fourth-order valence-electron chi connectivity index (χ4n) is 0.414. The summed E-state index contributed by atoms with van der Waals surface area (Å²) < 4.78 is 4.16. The fourth-order valence-corrected chi connectivity index (χ4v) is 0.414. The van der Waals surface area contributed by atoms with Crippen LogP contribution in [0.2, 0.25) is 0 Å². The predicted octanol–water partition coefficient (Wildman–Crippen LogP) is -2.37. The molecule has 1 atom stereocenters. The van der Waals surface area contributed by atoms with Gasteiger partial charge in [-0.25, -0.2) is 0 Å². The van der Waals surface area contributed by atoms with Gasteiger partial charge < -0.3 is 20.4 Å². The van der Waals surface area contributed by atoms with E-state index in [0.717, 1.165) is 7.11 Å². The molecule has 0 saturated heterocycles. The van der Waals surface area contributed by atoms with Crippen LogP contribution in [0.3, 0.4) is 0 Å². The van der Waals surface area contributed by atoms with Crippen molar-refractivity contribution in [3.05, 3.63) is 0 Å². The van der Waals surface area contributed by atoms with Crippen LogP contribution in [-0.4, -0.2) is 25.1 Å². The van der Waals surface area contributed by atoms with E-state index in [0.29, 0.717) is 0 Å². The van der Waals surface area contributed by atoms with Crippen molar-refractivity contribution < 1.29 is 19.4 Å². The lowest BCUT2D eigenvalue weighted by molar-refractivity contribution is -0.306. The topological polar surface area (TPSA) is 92.5 Å². The van der Waals surface area contributed by atoms with Crippen molar-refractivity contribution in [2.75, 3.05) is 7.11 Å². The highest BCUT2D eigenvalue weighted by Gasteiger charge is 2.12. The molecule has 0 saturated carbocycles. The number of rotatable bonds is 3. The number of esters is 1. The molecule has 58 valence electrons. The third-order valence-corrected chi connectivity index (χ3v) is 0.891. The first-order valence-electron chi connectivity index (χ1n) is 2.61. The molecule has 0 bridgehead atoms. The Balaban J connectivity index is 3.72. The third-order valence-electron chi connectivity index (χ3n) is 0.891.